The van der Waals surface area contributed by atoms with Crippen molar-refractivity contribution in [3.63, 3.8) is 0 Å². The number of ether oxygens (including phenoxy) is 1. The van der Waals surface area contributed by atoms with E-state index in [0.29, 0.717) is 18.5 Å². The molecule has 1 aliphatic rings. The fourth-order valence-corrected chi connectivity index (χ4v) is 2.91. The van der Waals surface area contributed by atoms with Gasteiger partial charge in [-0.2, -0.15) is 13.2 Å². The van der Waals surface area contributed by atoms with E-state index in [1.807, 2.05) is 0 Å². The third-order valence-corrected chi connectivity index (χ3v) is 4.02. The van der Waals surface area contributed by atoms with Crippen LogP contribution in [0.15, 0.2) is 24.3 Å². The van der Waals surface area contributed by atoms with Crippen molar-refractivity contribution in [3.8, 4) is 0 Å². The summed E-state index contributed by atoms with van der Waals surface area (Å²) in [6, 6.07) is 5.06. The number of nitrogens with two attached hydrogens (primary N) is 1. The van der Waals surface area contributed by atoms with Gasteiger partial charge in [0.25, 0.3) is 0 Å². The Morgan fingerprint density at radius 3 is 2.56 bits per heavy atom. The minimum Gasteiger partial charge on any atom is -0.443 e. The lowest BCUT2D eigenvalue weighted by atomic mass is 9.96. The summed E-state index contributed by atoms with van der Waals surface area (Å²) in [4.78, 5) is 12.3. The summed E-state index contributed by atoms with van der Waals surface area (Å²) >= 11 is 0. The highest BCUT2D eigenvalue weighted by atomic mass is 19.4. The highest BCUT2D eigenvalue weighted by molar-refractivity contribution is 5.68. The lowest BCUT2D eigenvalue weighted by Gasteiger charge is -2.39. The fraction of sp³-hybridized carbons (Fsp3) is 0.588. The van der Waals surface area contributed by atoms with Gasteiger partial charge in [0, 0.05) is 6.42 Å². The van der Waals surface area contributed by atoms with Gasteiger partial charge in [-0.25, -0.2) is 15.6 Å². The molecular weight excluding hydrogens is 335 g/mol. The molecular formula is C17H24F3N3O2. The summed E-state index contributed by atoms with van der Waals surface area (Å²) in [5, 5.41) is 4.14. The van der Waals surface area contributed by atoms with Crippen LogP contribution in [-0.2, 0) is 17.3 Å². The van der Waals surface area contributed by atoms with Gasteiger partial charge in [0.05, 0.1) is 5.56 Å². The molecule has 0 unspecified atom stereocenters. The first-order valence-electron chi connectivity index (χ1n) is 8.12. The molecule has 3 N–H and O–H groups in total. The van der Waals surface area contributed by atoms with Gasteiger partial charge >= 0.3 is 12.3 Å². The monoisotopic (exact) mass is 359 g/mol. The van der Waals surface area contributed by atoms with Crippen LogP contribution in [0.1, 0.15) is 44.7 Å². The summed E-state index contributed by atoms with van der Waals surface area (Å²) < 4.78 is 44.1. The topological polar surface area (TPSA) is 67.6 Å². The van der Waals surface area contributed by atoms with Crippen LogP contribution in [0.25, 0.3) is 0 Å². The van der Waals surface area contributed by atoms with Crippen LogP contribution in [0.5, 0.6) is 0 Å². The number of carbonyl (C=O) groups is 1. The van der Waals surface area contributed by atoms with Gasteiger partial charge in [-0.1, -0.05) is 18.2 Å². The van der Waals surface area contributed by atoms with E-state index in [1.165, 1.54) is 6.07 Å². The molecule has 2 rings (SSSR count). The zero-order chi connectivity index (χ0) is 18.9. The number of alkyl halides is 3. The van der Waals surface area contributed by atoms with Crippen molar-refractivity contribution in [1.29, 1.82) is 0 Å². The normalized spacial score (nSPS) is 21.2. The van der Waals surface area contributed by atoms with Crippen molar-refractivity contribution in [1.82, 2.24) is 10.3 Å². The molecule has 8 heteroatoms. The second-order valence-corrected chi connectivity index (χ2v) is 7.29. The molecule has 0 spiro atoms. The first-order valence-corrected chi connectivity index (χ1v) is 8.12. The average molecular weight is 359 g/mol. The third kappa shape index (κ3) is 4.85. The highest BCUT2D eigenvalue weighted by Gasteiger charge is 2.43. The van der Waals surface area contributed by atoms with Crippen LogP contribution < -0.4 is 11.2 Å². The Kier molecular flexibility index (Phi) is 5.34. The largest absolute Gasteiger partial charge is 0.443 e. The molecule has 1 fully saturated rings. The Bertz CT molecular complexity index is 620. The molecule has 0 radical (unpaired) electrons. The van der Waals surface area contributed by atoms with E-state index in [0.717, 1.165) is 23.6 Å². The first kappa shape index (κ1) is 19.5. The zero-order valence-corrected chi connectivity index (χ0v) is 14.6. The quantitative estimate of drug-likeness (QED) is 0.493. The van der Waals surface area contributed by atoms with Crippen LogP contribution in [0.4, 0.5) is 18.0 Å². The molecule has 0 aromatic heterocycles. The summed E-state index contributed by atoms with van der Waals surface area (Å²) in [6.45, 7) is 5.79. The number of rotatable bonds is 3. The third-order valence-electron chi connectivity index (χ3n) is 4.02. The number of nitrogens with zero attached hydrogens (tertiary/aromatic N) is 1. The molecule has 1 aromatic rings. The zero-order valence-electron chi connectivity index (χ0n) is 14.6. The fourth-order valence-electron chi connectivity index (χ4n) is 2.91. The van der Waals surface area contributed by atoms with Crippen LogP contribution in [0, 0.1) is 0 Å². The smallest absolute Gasteiger partial charge is 0.426 e. The molecule has 1 aromatic carbocycles. The second kappa shape index (κ2) is 6.84. The van der Waals surface area contributed by atoms with Crippen molar-refractivity contribution >= 4 is 6.09 Å². The Hall–Kier alpha value is -1.80. The Morgan fingerprint density at radius 1 is 1.36 bits per heavy atom. The molecule has 1 atom stereocenters. The summed E-state index contributed by atoms with van der Waals surface area (Å²) in [5.41, 5.74) is -1.96. The van der Waals surface area contributed by atoms with Crippen molar-refractivity contribution in [3.05, 3.63) is 35.4 Å². The Morgan fingerprint density at radius 2 is 2.04 bits per heavy atom. The maximum Gasteiger partial charge on any atom is 0.426 e. The SMILES string of the molecule is CC(C)(C)OC(=O)N(N)[C@]1(Cc2cccc(C(F)(F)F)c2)CCCN1. The highest BCUT2D eigenvalue weighted by Crippen LogP contribution is 2.32. The van der Waals surface area contributed by atoms with Crippen LogP contribution in [-0.4, -0.2) is 28.9 Å². The molecule has 5 nitrogen and oxygen atoms in total. The van der Waals surface area contributed by atoms with Gasteiger partial charge in [0.15, 0.2) is 0 Å². The minimum atomic E-state index is -4.42. The molecule has 1 saturated heterocycles. The summed E-state index contributed by atoms with van der Waals surface area (Å²) in [5.74, 6) is 6.01. The van der Waals surface area contributed by atoms with E-state index in [1.54, 1.807) is 26.8 Å². The lowest BCUT2D eigenvalue weighted by Crippen LogP contribution is -2.63. The number of hydrogen-bond acceptors (Lipinski definition) is 4. The van der Waals surface area contributed by atoms with E-state index in [9.17, 15) is 18.0 Å². The molecule has 1 amide bonds. The van der Waals surface area contributed by atoms with E-state index < -0.39 is 29.1 Å². The van der Waals surface area contributed by atoms with Crippen LogP contribution in [0.2, 0.25) is 0 Å². The number of benzene rings is 1. The maximum atomic E-state index is 12.9. The van der Waals surface area contributed by atoms with Crippen LogP contribution >= 0.6 is 0 Å². The van der Waals surface area contributed by atoms with Crippen LogP contribution in [0.3, 0.4) is 0 Å². The number of hydrogen-bond donors (Lipinski definition) is 2. The van der Waals surface area contributed by atoms with E-state index >= 15 is 0 Å². The second-order valence-electron chi connectivity index (χ2n) is 7.29. The number of hydrazine groups is 1. The molecule has 0 bridgehead atoms. The number of carbonyl (C=O) groups excluding carboxylic acids is 1. The molecule has 0 aliphatic carbocycles. The van der Waals surface area contributed by atoms with Gasteiger partial charge < -0.3 is 4.74 Å². The minimum absolute atomic E-state index is 0.159. The number of nitrogens with one attached hydrogen (secondary N) is 1. The number of amides is 1. The van der Waals surface area contributed by atoms with Crippen molar-refractivity contribution in [2.24, 2.45) is 5.84 Å². The molecule has 1 aliphatic heterocycles. The molecule has 0 saturated carbocycles. The van der Waals surface area contributed by atoms with Gasteiger partial charge in [0.1, 0.15) is 11.3 Å². The van der Waals surface area contributed by atoms with Gasteiger partial charge in [-0.05, 0) is 51.8 Å². The maximum absolute atomic E-state index is 12.9. The van der Waals surface area contributed by atoms with Gasteiger partial charge in [-0.15, -0.1) is 0 Å². The van der Waals surface area contributed by atoms with E-state index in [2.05, 4.69) is 5.32 Å². The Labute approximate surface area is 145 Å². The van der Waals surface area contributed by atoms with Crippen molar-refractivity contribution in [2.45, 2.75) is 57.5 Å². The van der Waals surface area contributed by atoms with Crippen molar-refractivity contribution in [2.75, 3.05) is 6.54 Å². The average Bonchev–Trinajstić information content (AvgIpc) is 2.93. The molecule has 25 heavy (non-hydrogen) atoms. The summed E-state index contributed by atoms with van der Waals surface area (Å²) in [6.07, 6.45) is -3.69. The molecule has 1 heterocycles. The first-order chi connectivity index (χ1) is 11.4. The lowest BCUT2D eigenvalue weighted by molar-refractivity contribution is -0.137. The molecule has 140 valence electrons. The summed E-state index contributed by atoms with van der Waals surface area (Å²) in [7, 11) is 0. The predicted octanol–water partition coefficient (Wildman–Crippen LogP) is 3.44. The van der Waals surface area contributed by atoms with Gasteiger partial charge in [0.2, 0.25) is 0 Å². The van der Waals surface area contributed by atoms with E-state index in [4.69, 9.17) is 10.6 Å². The van der Waals surface area contributed by atoms with Gasteiger partial charge in [-0.3, -0.25) is 5.32 Å². The Balaban J connectivity index is 2.25. The number of halogens is 3. The standard InChI is InChI=1S/C17H24F3N3O2/c1-15(2,3)25-14(24)23(21)16(8-5-9-22-16)11-12-6-4-7-13(10-12)17(18,19)20/h4,6-7,10,22H,5,8-9,11,21H2,1-3H3/t16-/m0/s1. The predicted molar refractivity (Wildman–Crippen MR) is 87.4 cm³/mol. The van der Waals surface area contributed by atoms with Crippen molar-refractivity contribution < 1.29 is 22.7 Å². The van der Waals surface area contributed by atoms with E-state index in [-0.39, 0.29) is 6.42 Å².